The molecule has 9 heteroatoms. The number of nitrogens with one attached hydrogen (secondary N) is 1. The first-order valence-corrected chi connectivity index (χ1v) is 10.5. The smallest absolute Gasteiger partial charge is 0.362 e. The van der Waals surface area contributed by atoms with Crippen molar-refractivity contribution in [2.45, 2.75) is 20.8 Å². The van der Waals surface area contributed by atoms with Gasteiger partial charge in [-0.15, -0.1) is 0 Å². The summed E-state index contributed by atoms with van der Waals surface area (Å²) in [4.78, 5) is 37.7. The van der Waals surface area contributed by atoms with Crippen LogP contribution in [0.15, 0.2) is 59.4 Å². The Hall–Kier alpha value is -4.14. The fourth-order valence-electron chi connectivity index (χ4n) is 3.05. The van der Waals surface area contributed by atoms with Crippen LogP contribution in [0.1, 0.15) is 29.9 Å². The van der Waals surface area contributed by atoms with Crippen LogP contribution in [-0.4, -0.2) is 41.5 Å². The van der Waals surface area contributed by atoms with Gasteiger partial charge in [-0.3, -0.25) is 9.59 Å². The highest BCUT2D eigenvalue weighted by Crippen LogP contribution is 2.24. The molecular formula is C24H25N3O6. The van der Waals surface area contributed by atoms with Gasteiger partial charge in [-0.2, -0.15) is 9.78 Å². The van der Waals surface area contributed by atoms with E-state index in [4.69, 9.17) is 14.2 Å². The highest BCUT2D eigenvalue weighted by atomic mass is 16.5. The number of ether oxygens (including phenoxy) is 3. The number of para-hydroxylation sites is 3. The van der Waals surface area contributed by atoms with Gasteiger partial charge in [0.05, 0.1) is 30.7 Å². The van der Waals surface area contributed by atoms with Crippen LogP contribution < -0.4 is 20.3 Å². The van der Waals surface area contributed by atoms with Crippen molar-refractivity contribution in [1.82, 2.24) is 9.78 Å². The van der Waals surface area contributed by atoms with Crippen molar-refractivity contribution in [2.24, 2.45) is 0 Å². The first-order chi connectivity index (χ1) is 15.9. The summed E-state index contributed by atoms with van der Waals surface area (Å²) >= 11 is 0. The third-order valence-corrected chi connectivity index (χ3v) is 4.53. The van der Waals surface area contributed by atoms with Crippen molar-refractivity contribution < 1.29 is 23.8 Å². The molecule has 0 bridgehead atoms. The van der Waals surface area contributed by atoms with E-state index in [0.717, 1.165) is 16.3 Å². The van der Waals surface area contributed by atoms with Gasteiger partial charge >= 0.3 is 5.97 Å². The molecule has 1 N–H and O–H groups in total. The fraction of sp³-hybridized carbons (Fsp3) is 0.250. The molecule has 0 radical (unpaired) electrons. The zero-order valence-corrected chi connectivity index (χ0v) is 18.7. The lowest BCUT2D eigenvalue weighted by atomic mass is 10.2. The van der Waals surface area contributed by atoms with Crippen molar-refractivity contribution in [3.05, 3.63) is 76.2 Å². The predicted molar refractivity (Wildman–Crippen MR) is 122 cm³/mol. The minimum Gasteiger partial charge on any atom is -0.492 e. The summed E-state index contributed by atoms with van der Waals surface area (Å²) in [7, 11) is 0. The molecule has 0 saturated heterocycles. The Bertz CT molecular complexity index is 1200. The molecule has 1 heterocycles. The normalized spacial score (nSPS) is 10.4. The van der Waals surface area contributed by atoms with Gasteiger partial charge < -0.3 is 19.5 Å². The number of carbonyl (C=O) groups is 2. The first kappa shape index (κ1) is 23.5. The Morgan fingerprint density at radius 3 is 2.42 bits per heavy atom. The maximum absolute atomic E-state index is 12.7. The highest BCUT2D eigenvalue weighted by Gasteiger charge is 2.21. The summed E-state index contributed by atoms with van der Waals surface area (Å²) in [6, 6.07) is 15.2. The number of amides is 1. The lowest BCUT2D eigenvalue weighted by Gasteiger charge is -2.14. The molecule has 0 spiro atoms. The molecule has 0 saturated carbocycles. The number of hydrogen-bond donors (Lipinski definition) is 1. The van der Waals surface area contributed by atoms with E-state index < -0.39 is 24.0 Å². The number of aromatic nitrogens is 2. The number of esters is 1. The fourth-order valence-corrected chi connectivity index (χ4v) is 3.05. The quantitative estimate of drug-likeness (QED) is 0.498. The monoisotopic (exact) mass is 451 g/mol. The largest absolute Gasteiger partial charge is 0.492 e. The van der Waals surface area contributed by atoms with Crippen LogP contribution in [0.4, 0.5) is 5.69 Å². The third kappa shape index (κ3) is 5.76. The molecule has 9 nitrogen and oxygen atoms in total. The molecule has 0 aliphatic carbocycles. The van der Waals surface area contributed by atoms with Crippen LogP contribution in [0.3, 0.4) is 0 Å². The Balaban J connectivity index is 1.86. The van der Waals surface area contributed by atoms with Gasteiger partial charge in [0.2, 0.25) is 5.69 Å². The zero-order chi connectivity index (χ0) is 23.8. The van der Waals surface area contributed by atoms with E-state index >= 15 is 0 Å². The average Bonchev–Trinajstić information content (AvgIpc) is 2.80. The second-order valence-electron chi connectivity index (χ2n) is 6.88. The average molecular weight is 451 g/mol. The van der Waals surface area contributed by atoms with Crippen LogP contribution in [0.5, 0.6) is 11.5 Å². The van der Waals surface area contributed by atoms with Crippen LogP contribution in [0, 0.1) is 6.92 Å². The standard InChI is InChI=1S/C24H25N3O6/c1-4-31-19-13-9-7-11-17(19)25-21(28)15-33-20-14-22(29)27(18-12-8-6-10-16(18)3)26-23(20)24(30)32-5-2/h6-14H,4-5,15H2,1-3H3,(H,25,28). The summed E-state index contributed by atoms with van der Waals surface area (Å²) in [6.45, 7) is 5.40. The van der Waals surface area contributed by atoms with Gasteiger partial charge in [0.25, 0.3) is 11.5 Å². The molecule has 1 aromatic heterocycles. The summed E-state index contributed by atoms with van der Waals surface area (Å²) in [5, 5.41) is 6.87. The number of benzene rings is 2. The van der Waals surface area contributed by atoms with Crippen LogP contribution >= 0.6 is 0 Å². The molecule has 172 valence electrons. The van der Waals surface area contributed by atoms with Gasteiger partial charge in [0.15, 0.2) is 12.4 Å². The van der Waals surface area contributed by atoms with E-state index in [0.29, 0.717) is 23.7 Å². The minimum absolute atomic E-state index is 0.109. The van der Waals surface area contributed by atoms with Crippen LogP contribution in [-0.2, 0) is 9.53 Å². The number of anilines is 1. The number of aryl methyl sites for hydroxylation is 1. The lowest BCUT2D eigenvalue weighted by Crippen LogP contribution is -2.27. The molecule has 0 atom stereocenters. The molecule has 0 unspecified atom stereocenters. The first-order valence-electron chi connectivity index (χ1n) is 10.5. The minimum atomic E-state index is -0.767. The Kier molecular flexibility index (Phi) is 7.80. The van der Waals surface area contributed by atoms with Gasteiger partial charge in [0.1, 0.15) is 5.75 Å². The van der Waals surface area contributed by atoms with E-state index in [9.17, 15) is 14.4 Å². The number of carbonyl (C=O) groups excluding carboxylic acids is 2. The molecule has 0 fully saturated rings. The zero-order valence-electron chi connectivity index (χ0n) is 18.7. The summed E-state index contributed by atoms with van der Waals surface area (Å²) in [5.74, 6) is -0.892. The molecule has 1 amide bonds. The second kappa shape index (κ2) is 10.9. The molecule has 3 aromatic rings. The van der Waals surface area contributed by atoms with Gasteiger partial charge in [-0.05, 0) is 44.5 Å². The summed E-state index contributed by atoms with van der Waals surface area (Å²) < 4.78 is 17.2. The van der Waals surface area contributed by atoms with Gasteiger partial charge in [0, 0.05) is 0 Å². The van der Waals surface area contributed by atoms with E-state index in [2.05, 4.69) is 10.4 Å². The second-order valence-corrected chi connectivity index (χ2v) is 6.88. The maximum Gasteiger partial charge on any atom is 0.362 e. The number of rotatable bonds is 9. The van der Waals surface area contributed by atoms with Crippen molar-refractivity contribution in [3.8, 4) is 17.2 Å². The molecule has 2 aromatic carbocycles. The Morgan fingerprint density at radius 2 is 1.70 bits per heavy atom. The lowest BCUT2D eigenvalue weighted by molar-refractivity contribution is -0.118. The van der Waals surface area contributed by atoms with E-state index in [-0.39, 0.29) is 18.1 Å². The maximum atomic E-state index is 12.7. The van der Waals surface area contributed by atoms with E-state index in [1.807, 2.05) is 26.0 Å². The van der Waals surface area contributed by atoms with E-state index in [1.165, 1.54) is 0 Å². The van der Waals surface area contributed by atoms with Crippen molar-refractivity contribution in [2.75, 3.05) is 25.1 Å². The highest BCUT2D eigenvalue weighted by molar-refractivity contribution is 5.94. The van der Waals surface area contributed by atoms with Gasteiger partial charge in [-0.25, -0.2) is 4.79 Å². The molecule has 0 aliphatic heterocycles. The van der Waals surface area contributed by atoms with Crippen molar-refractivity contribution in [1.29, 1.82) is 0 Å². The molecule has 33 heavy (non-hydrogen) atoms. The Morgan fingerprint density at radius 1 is 0.970 bits per heavy atom. The topological polar surface area (TPSA) is 109 Å². The van der Waals surface area contributed by atoms with Crippen molar-refractivity contribution >= 4 is 17.6 Å². The number of hydrogen-bond acceptors (Lipinski definition) is 7. The van der Waals surface area contributed by atoms with Crippen LogP contribution in [0.25, 0.3) is 5.69 Å². The third-order valence-electron chi connectivity index (χ3n) is 4.53. The summed E-state index contributed by atoms with van der Waals surface area (Å²) in [6.07, 6.45) is 0. The molecule has 3 rings (SSSR count). The molecular weight excluding hydrogens is 426 g/mol. The molecule has 0 aliphatic rings. The van der Waals surface area contributed by atoms with Crippen LogP contribution in [0.2, 0.25) is 0 Å². The Labute approximate surface area is 190 Å². The van der Waals surface area contributed by atoms with Crippen molar-refractivity contribution in [3.63, 3.8) is 0 Å². The predicted octanol–water partition coefficient (Wildman–Crippen LogP) is 3.13. The van der Waals surface area contributed by atoms with Gasteiger partial charge in [-0.1, -0.05) is 30.3 Å². The summed E-state index contributed by atoms with van der Waals surface area (Å²) in [5.41, 5.74) is 1.07. The number of nitrogens with zero attached hydrogens (tertiary/aromatic N) is 2. The SMILES string of the molecule is CCOC(=O)c1nn(-c2ccccc2C)c(=O)cc1OCC(=O)Nc1ccccc1OCC. The van der Waals surface area contributed by atoms with E-state index in [1.54, 1.807) is 43.3 Å².